The lowest BCUT2D eigenvalue weighted by atomic mass is 10.1. The van der Waals surface area contributed by atoms with Crippen LogP contribution in [0, 0.1) is 12.7 Å². The van der Waals surface area contributed by atoms with Crippen molar-refractivity contribution in [1.29, 1.82) is 0 Å². The molecule has 0 fully saturated rings. The van der Waals surface area contributed by atoms with Crippen LogP contribution in [0.4, 0.5) is 4.39 Å². The molecule has 5 heteroatoms. The smallest absolute Gasteiger partial charge is 0.258 e. The Bertz CT molecular complexity index is 783. The number of aromatic nitrogens is 2. The van der Waals surface area contributed by atoms with Gasteiger partial charge in [0.2, 0.25) is 5.82 Å². The highest BCUT2D eigenvalue weighted by atomic mass is 19.1. The monoisotopic (exact) mass is 283 g/mol. The first-order chi connectivity index (χ1) is 10.2. The van der Waals surface area contributed by atoms with Crippen LogP contribution in [0.3, 0.4) is 0 Å². The van der Waals surface area contributed by atoms with E-state index in [0.717, 1.165) is 22.3 Å². The maximum absolute atomic E-state index is 13.1. The first-order valence-electron chi connectivity index (χ1n) is 6.57. The molecule has 0 spiro atoms. The minimum Gasteiger partial charge on any atom is -0.334 e. The molecule has 21 heavy (non-hydrogen) atoms. The van der Waals surface area contributed by atoms with Gasteiger partial charge < -0.3 is 10.3 Å². The molecule has 2 aromatic carbocycles. The van der Waals surface area contributed by atoms with Gasteiger partial charge in [0.15, 0.2) is 0 Å². The van der Waals surface area contributed by atoms with Gasteiger partial charge in [0.25, 0.3) is 5.89 Å². The van der Waals surface area contributed by atoms with Crippen molar-refractivity contribution in [1.82, 2.24) is 10.1 Å². The summed E-state index contributed by atoms with van der Waals surface area (Å²) in [5, 5.41) is 3.97. The van der Waals surface area contributed by atoms with Crippen LogP contribution in [0.15, 0.2) is 47.0 Å². The Kier molecular flexibility index (Phi) is 3.50. The Morgan fingerprint density at radius 3 is 2.81 bits per heavy atom. The van der Waals surface area contributed by atoms with E-state index in [4.69, 9.17) is 10.3 Å². The first kappa shape index (κ1) is 13.5. The fourth-order valence-corrected chi connectivity index (χ4v) is 2.16. The summed E-state index contributed by atoms with van der Waals surface area (Å²) in [6.45, 7) is 2.26. The van der Waals surface area contributed by atoms with E-state index in [2.05, 4.69) is 10.1 Å². The molecule has 0 unspecified atom stereocenters. The van der Waals surface area contributed by atoms with Crippen molar-refractivity contribution in [2.24, 2.45) is 5.73 Å². The number of hydrogen-bond acceptors (Lipinski definition) is 4. The Labute approximate surface area is 121 Å². The molecule has 3 aromatic rings. The van der Waals surface area contributed by atoms with Gasteiger partial charge in [-0.2, -0.15) is 4.98 Å². The van der Waals surface area contributed by atoms with Crippen LogP contribution in [0.5, 0.6) is 0 Å². The molecule has 0 aliphatic rings. The highest BCUT2D eigenvalue weighted by Gasteiger charge is 2.13. The van der Waals surface area contributed by atoms with Crippen LogP contribution in [-0.4, -0.2) is 10.1 Å². The van der Waals surface area contributed by atoms with Gasteiger partial charge in [0.1, 0.15) is 5.82 Å². The number of aryl methyl sites for hydroxylation is 1. The average Bonchev–Trinajstić information content (AvgIpc) is 2.97. The molecule has 3 rings (SSSR count). The van der Waals surface area contributed by atoms with Gasteiger partial charge in [0, 0.05) is 17.7 Å². The lowest BCUT2D eigenvalue weighted by Crippen LogP contribution is -1.95. The zero-order chi connectivity index (χ0) is 14.8. The molecule has 1 heterocycles. The molecule has 4 nitrogen and oxygen atoms in total. The van der Waals surface area contributed by atoms with E-state index in [9.17, 15) is 4.39 Å². The quantitative estimate of drug-likeness (QED) is 0.801. The van der Waals surface area contributed by atoms with E-state index in [0.29, 0.717) is 18.3 Å². The van der Waals surface area contributed by atoms with Crippen LogP contribution in [-0.2, 0) is 6.54 Å². The van der Waals surface area contributed by atoms with Crippen LogP contribution in [0.2, 0.25) is 0 Å². The van der Waals surface area contributed by atoms with E-state index in [1.54, 1.807) is 6.07 Å². The fourth-order valence-electron chi connectivity index (χ4n) is 2.16. The van der Waals surface area contributed by atoms with Crippen molar-refractivity contribution in [3.63, 3.8) is 0 Å². The number of benzene rings is 2. The summed E-state index contributed by atoms with van der Waals surface area (Å²) in [5.74, 6) is 0.584. The van der Waals surface area contributed by atoms with Gasteiger partial charge in [-0.15, -0.1) is 0 Å². The van der Waals surface area contributed by atoms with Gasteiger partial charge in [-0.05, 0) is 48.4 Å². The topological polar surface area (TPSA) is 64.9 Å². The minimum atomic E-state index is -0.282. The lowest BCUT2D eigenvalue weighted by Gasteiger charge is -2.00. The highest BCUT2D eigenvalue weighted by molar-refractivity contribution is 5.63. The second-order valence-electron chi connectivity index (χ2n) is 4.79. The zero-order valence-corrected chi connectivity index (χ0v) is 11.5. The lowest BCUT2D eigenvalue weighted by molar-refractivity contribution is 0.432. The number of halogens is 1. The molecule has 0 bridgehead atoms. The van der Waals surface area contributed by atoms with Crippen LogP contribution in [0.25, 0.3) is 22.8 Å². The maximum atomic E-state index is 13.1. The number of rotatable bonds is 3. The molecule has 0 saturated carbocycles. The summed E-state index contributed by atoms with van der Waals surface area (Å²) < 4.78 is 18.4. The average molecular weight is 283 g/mol. The second-order valence-corrected chi connectivity index (χ2v) is 4.79. The SMILES string of the molecule is Cc1cc(F)ccc1-c1noc(-c2cccc(CN)c2)n1. The predicted molar refractivity (Wildman–Crippen MR) is 77.8 cm³/mol. The number of nitrogens with zero attached hydrogens (tertiary/aromatic N) is 2. The van der Waals surface area contributed by atoms with Gasteiger partial charge in [0.05, 0.1) is 0 Å². The minimum absolute atomic E-state index is 0.282. The Morgan fingerprint density at radius 2 is 2.05 bits per heavy atom. The molecule has 0 radical (unpaired) electrons. The first-order valence-corrected chi connectivity index (χ1v) is 6.57. The molecule has 1 aromatic heterocycles. The number of nitrogens with two attached hydrogens (primary N) is 1. The third-order valence-electron chi connectivity index (χ3n) is 3.27. The van der Waals surface area contributed by atoms with Crippen LogP contribution in [0.1, 0.15) is 11.1 Å². The Balaban J connectivity index is 1.99. The molecule has 0 saturated heterocycles. The maximum Gasteiger partial charge on any atom is 0.258 e. The fraction of sp³-hybridized carbons (Fsp3) is 0.125. The number of hydrogen-bond donors (Lipinski definition) is 1. The molecule has 106 valence electrons. The Morgan fingerprint density at radius 1 is 1.19 bits per heavy atom. The van der Waals surface area contributed by atoms with Crippen molar-refractivity contribution in [2.75, 3.05) is 0 Å². The summed E-state index contributed by atoms with van der Waals surface area (Å²) in [5.41, 5.74) is 8.95. The van der Waals surface area contributed by atoms with Crippen molar-refractivity contribution < 1.29 is 8.91 Å². The summed E-state index contributed by atoms with van der Waals surface area (Å²) >= 11 is 0. The molecular formula is C16H14FN3O. The van der Waals surface area contributed by atoms with Gasteiger partial charge in [-0.3, -0.25) is 0 Å². The highest BCUT2D eigenvalue weighted by Crippen LogP contribution is 2.25. The van der Waals surface area contributed by atoms with Crippen molar-refractivity contribution >= 4 is 0 Å². The summed E-state index contributed by atoms with van der Waals surface area (Å²) in [6.07, 6.45) is 0. The van der Waals surface area contributed by atoms with Crippen molar-refractivity contribution in [3.8, 4) is 22.8 Å². The van der Waals surface area contributed by atoms with Crippen LogP contribution >= 0.6 is 0 Å². The molecule has 2 N–H and O–H groups in total. The molecule has 0 aliphatic heterocycles. The summed E-state index contributed by atoms with van der Waals surface area (Å²) in [7, 11) is 0. The van der Waals surface area contributed by atoms with Gasteiger partial charge >= 0.3 is 0 Å². The molecular weight excluding hydrogens is 269 g/mol. The normalized spacial score (nSPS) is 10.8. The standard InChI is InChI=1S/C16H14FN3O/c1-10-7-13(17)5-6-14(10)15-19-16(21-20-15)12-4-2-3-11(8-12)9-18/h2-8H,9,18H2,1H3. The van der Waals surface area contributed by atoms with E-state index < -0.39 is 0 Å². The van der Waals surface area contributed by atoms with Crippen molar-refractivity contribution in [3.05, 3.63) is 59.4 Å². The van der Waals surface area contributed by atoms with E-state index >= 15 is 0 Å². The van der Waals surface area contributed by atoms with E-state index in [1.807, 2.05) is 31.2 Å². The van der Waals surface area contributed by atoms with Gasteiger partial charge in [-0.25, -0.2) is 4.39 Å². The third-order valence-corrected chi connectivity index (χ3v) is 3.27. The third kappa shape index (κ3) is 2.68. The van der Waals surface area contributed by atoms with E-state index in [1.165, 1.54) is 12.1 Å². The molecule has 0 aliphatic carbocycles. The molecule has 0 amide bonds. The zero-order valence-electron chi connectivity index (χ0n) is 11.5. The summed E-state index contributed by atoms with van der Waals surface area (Å²) in [4.78, 5) is 4.38. The largest absolute Gasteiger partial charge is 0.334 e. The van der Waals surface area contributed by atoms with Crippen LogP contribution < -0.4 is 5.73 Å². The van der Waals surface area contributed by atoms with E-state index in [-0.39, 0.29) is 5.82 Å². The Hall–Kier alpha value is -2.53. The predicted octanol–water partition coefficient (Wildman–Crippen LogP) is 3.31. The van der Waals surface area contributed by atoms with Gasteiger partial charge in [-0.1, -0.05) is 17.3 Å². The summed E-state index contributed by atoms with van der Waals surface area (Å²) in [6, 6.07) is 12.1. The van der Waals surface area contributed by atoms with Crippen molar-refractivity contribution in [2.45, 2.75) is 13.5 Å². The molecule has 0 atom stereocenters. The second kappa shape index (κ2) is 5.46.